The summed E-state index contributed by atoms with van der Waals surface area (Å²) in [6.45, 7) is 6.28. The highest BCUT2D eigenvalue weighted by Crippen LogP contribution is 2.07. The van der Waals surface area contributed by atoms with Crippen molar-refractivity contribution < 1.29 is 4.74 Å². The van der Waals surface area contributed by atoms with Crippen molar-refractivity contribution >= 4 is 15.9 Å². The molecule has 1 saturated heterocycles. The van der Waals surface area contributed by atoms with E-state index in [2.05, 4.69) is 32.7 Å². The fourth-order valence-electron chi connectivity index (χ4n) is 1.95. The summed E-state index contributed by atoms with van der Waals surface area (Å²) in [7, 11) is 0. The molecule has 6 heteroatoms. The SMILES string of the molecule is CCN1CCOC(Cn2cncc(Br)c2=O)C1. The van der Waals surface area contributed by atoms with Crippen LogP contribution in [0.15, 0.2) is 21.8 Å². The minimum atomic E-state index is -0.0581. The van der Waals surface area contributed by atoms with Crippen molar-refractivity contribution in [3.8, 4) is 0 Å². The molecule has 0 N–H and O–H groups in total. The van der Waals surface area contributed by atoms with Crippen molar-refractivity contribution in [1.82, 2.24) is 14.5 Å². The largest absolute Gasteiger partial charge is 0.374 e. The number of morpholine rings is 1. The third-order valence-corrected chi connectivity index (χ3v) is 3.47. The Labute approximate surface area is 109 Å². The molecular weight excluding hydrogens is 286 g/mol. The number of ether oxygens (including phenoxy) is 1. The lowest BCUT2D eigenvalue weighted by atomic mass is 10.2. The van der Waals surface area contributed by atoms with Gasteiger partial charge in [-0.15, -0.1) is 0 Å². The Morgan fingerprint density at radius 1 is 1.65 bits per heavy atom. The first kappa shape index (κ1) is 12.7. The molecule has 0 bridgehead atoms. The Balaban J connectivity index is 2.05. The van der Waals surface area contributed by atoms with Gasteiger partial charge in [-0.25, -0.2) is 4.98 Å². The summed E-state index contributed by atoms with van der Waals surface area (Å²) in [6.07, 6.45) is 3.14. The first-order valence-electron chi connectivity index (χ1n) is 5.74. The molecule has 1 aromatic heterocycles. The van der Waals surface area contributed by atoms with Gasteiger partial charge >= 0.3 is 0 Å². The number of hydrogen-bond donors (Lipinski definition) is 0. The quantitative estimate of drug-likeness (QED) is 0.826. The zero-order chi connectivity index (χ0) is 12.3. The Bertz CT molecular complexity index is 435. The van der Waals surface area contributed by atoms with Crippen LogP contribution < -0.4 is 5.56 Å². The Hall–Kier alpha value is -0.720. The van der Waals surface area contributed by atoms with Gasteiger partial charge in [-0.1, -0.05) is 6.92 Å². The van der Waals surface area contributed by atoms with E-state index in [-0.39, 0.29) is 11.7 Å². The standard InChI is InChI=1S/C11H16BrN3O2/c1-2-14-3-4-17-9(6-14)7-15-8-13-5-10(12)11(15)16/h5,8-9H,2-4,6-7H2,1H3. The highest BCUT2D eigenvalue weighted by atomic mass is 79.9. The van der Waals surface area contributed by atoms with Gasteiger partial charge in [-0.2, -0.15) is 0 Å². The fourth-order valence-corrected chi connectivity index (χ4v) is 2.30. The van der Waals surface area contributed by atoms with Crippen LogP contribution in [0.2, 0.25) is 0 Å². The van der Waals surface area contributed by atoms with Gasteiger partial charge in [0.1, 0.15) is 4.47 Å². The molecule has 1 aliphatic rings. The Morgan fingerprint density at radius 3 is 3.24 bits per heavy atom. The van der Waals surface area contributed by atoms with Gasteiger partial charge in [-0.05, 0) is 22.5 Å². The maximum Gasteiger partial charge on any atom is 0.267 e. The lowest BCUT2D eigenvalue weighted by Crippen LogP contribution is -2.45. The van der Waals surface area contributed by atoms with E-state index in [1.54, 1.807) is 10.9 Å². The normalized spacial score (nSPS) is 21.6. The van der Waals surface area contributed by atoms with Crippen LogP contribution in [0.5, 0.6) is 0 Å². The van der Waals surface area contributed by atoms with E-state index < -0.39 is 0 Å². The topological polar surface area (TPSA) is 47.4 Å². The summed E-state index contributed by atoms with van der Waals surface area (Å²) in [5.74, 6) is 0. The predicted octanol–water partition coefficient (Wildman–Crippen LogP) is 0.726. The van der Waals surface area contributed by atoms with Crippen molar-refractivity contribution in [3.63, 3.8) is 0 Å². The van der Waals surface area contributed by atoms with Crippen molar-refractivity contribution in [3.05, 3.63) is 27.4 Å². The van der Waals surface area contributed by atoms with E-state index in [0.717, 1.165) is 26.2 Å². The molecule has 0 aromatic carbocycles. The van der Waals surface area contributed by atoms with Crippen LogP contribution in [0, 0.1) is 0 Å². The molecule has 2 rings (SSSR count). The number of rotatable bonds is 3. The van der Waals surface area contributed by atoms with E-state index in [9.17, 15) is 4.79 Å². The average Bonchev–Trinajstić information content (AvgIpc) is 2.35. The van der Waals surface area contributed by atoms with Crippen molar-refractivity contribution in [2.45, 2.75) is 19.6 Å². The summed E-state index contributed by atoms with van der Waals surface area (Å²) >= 11 is 3.19. The molecule has 1 fully saturated rings. The molecule has 1 atom stereocenters. The number of likely N-dealkylation sites (N-methyl/N-ethyl adjacent to an activating group) is 1. The zero-order valence-corrected chi connectivity index (χ0v) is 11.4. The van der Waals surface area contributed by atoms with Gasteiger partial charge in [0.2, 0.25) is 0 Å². The van der Waals surface area contributed by atoms with Gasteiger partial charge in [0.25, 0.3) is 5.56 Å². The number of aromatic nitrogens is 2. The zero-order valence-electron chi connectivity index (χ0n) is 9.80. The molecule has 1 aromatic rings. The fraction of sp³-hybridized carbons (Fsp3) is 0.636. The van der Waals surface area contributed by atoms with Crippen molar-refractivity contribution in [2.24, 2.45) is 0 Å². The third kappa shape index (κ3) is 3.14. The number of nitrogens with zero attached hydrogens (tertiary/aromatic N) is 3. The summed E-state index contributed by atoms with van der Waals surface area (Å²) in [6, 6.07) is 0. The second-order valence-electron chi connectivity index (χ2n) is 4.09. The van der Waals surface area contributed by atoms with E-state index in [1.165, 1.54) is 6.20 Å². The summed E-state index contributed by atoms with van der Waals surface area (Å²) in [5.41, 5.74) is -0.0581. The third-order valence-electron chi connectivity index (χ3n) is 2.93. The van der Waals surface area contributed by atoms with Gasteiger partial charge in [0.15, 0.2) is 0 Å². The predicted molar refractivity (Wildman–Crippen MR) is 68.1 cm³/mol. The first-order valence-corrected chi connectivity index (χ1v) is 6.54. The molecule has 2 heterocycles. The maximum absolute atomic E-state index is 11.8. The molecule has 5 nitrogen and oxygen atoms in total. The van der Waals surface area contributed by atoms with Crippen LogP contribution in [0.3, 0.4) is 0 Å². The summed E-state index contributed by atoms with van der Waals surface area (Å²) < 4.78 is 7.74. The minimum Gasteiger partial charge on any atom is -0.374 e. The van der Waals surface area contributed by atoms with Crippen LogP contribution in [-0.4, -0.2) is 46.8 Å². The molecule has 0 saturated carbocycles. The van der Waals surface area contributed by atoms with E-state index in [1.807, 2.05) is 0 Å². The van der Waals surface area contributed by atoms with Crippen LogP contribution in [0.1, 0.15) is 6.92 Å². The smallest absolute Gasteiger partial charge is 0.267 e. The highest BCUT2D eigenvalue weighted by molar-refractivity contribution is 9.10. The van der Waals surface area contributed by atoms with Gasteiger partial charge in [0, 0.05) is 19.3 Å². The van der Waals surface area contributed by atoms with Crippen LogP contribution in [-0.2, 0) is 11.3 Å². The lowest BCUT2D eigenvalue weighted by molar-refractivity contribution is -0.0348. The molecule has 1 aliphatic heterocycles. The lowest BCUT2D eigenvalue weighted by Gasteiger charge is -2.32. The molecule has 0 spiro atoms. The minimum absolute atomic E-state index is 0.0581. The molecule has 0 aliphatic carbocycles. The first-order chi connectivity index (χ1) is 8.20. The molecule has 0 radical (unpaired) electrons. The second kappa shape index (κ2) is 5.75. The molecule has 0 amide bonds. The van der Waals surface area contributed by atoms with Gasteiger partial charge < -0.3 is 4.74 Å². The van der Waals surface area contributed by atoms with E-state index >= 15 is 0 Å². The van der Waals surface area contributed by atoms with Crippen LogP contribution in [0.25, 0.3) is 0 Å². The molecule has 1 unspecified atom stereocenters. The molecular formula is C11H16BrN3O2. The molecule has 17 heavy (non-hydrogen) atoms. The van der Waals surface area contributed by atoms with Crippen LogP contribution in [0.4, 0.5) is 0 Å². The van der Waals surface area contributed by atoms with Gasteiger partial charge in [-0.3, -0.25) is 14.3 Å². The van der Waals surface area contributed by atoms with E-state index in [4.69, 9.17) is 4.74 Å². The Kier molecular flexibility index (Phi) is 4.31. The molecule has 94 valence electrons. The van der Waals surface area contributed by atoms with Crippen molar-refractivity contribution in [2.75, 3.05) is 26.2 Å². The van der Waals surface area contributed by atoms with Crippen LogP contribution >= 0.6 is 15.9 Å². The summed E-state index contributed by atoms with van der Waals surface area (Å²) in [5, 5.41) is 0. The average molecular weight is 302 g/mol. The monoisotopic (exact) mass is 301 g/mol. The summed E-state index contributed by atoms with van der Waals surface area (Å²) in [4.78, 5) is 18.1. The number of halogens is 1. The maximum atomic E-state index is 11.8. The van der Waals surface area contributed by atoms with Gasteiger partial charge in [0.05, 0.1) is 25.6 Å². The highest BCUT2D eigenvalue weighted by Gasteiger charge is 2.20. The van der Waals surface area contributed by atoms with Crippen molar-refractivity contribution in [1.29, 1.82) is 0 Å². The number of hydrogen-bond acceptors (Lipinski definition) is 4. The van der Waals surface area contributed by atoms with E-state index in [0.29, 0.717) is 11.0 Å². The second-order valence-corrected chi connectivity index (χ2v) is 4.94. The Morgan fingerprint density at radius 2 is 2.47 bits per heavy atom.